The third kappa shape index (κ3) is 1.77. The van der Waals surface area contributed by atoms with Gasteiger partial charge in [-0.1, -0.05) is 13.8 Å². The molecule has 13 heavy (non-hydrogen) atoms. The molecule has 74 valence electrons. The largest absolute Gasteiger partial charge is 0.332 e. The molecule has 3 nitrogen and oxygen atoms in total. The molecule has 2 aliphatic rings. The van der Waals surface area contributed by atoms with E-state index < -0.39 is 0 Å². The number of hydrogen-bond donors (Lipinski definition) is 2. The molecule has 0 bridgehead atoms. The normalized spacial score (nSPS) is 37.5. The van der Waals surface area contributed by atoms with Crippen molar-refractivity contribution in [3.63, 3.8) is 0 Å². The fraction of sp³-hybridized carbons (Fsp3) is 0.889. The molecule has 4 heteroatoms. The third-order valence-electron chi connectivity index (χ3n) is 2.64. The smallest absolute Gasteiger partial charge is 0.315 e. The summed E-state index contributed by atoms with van der Waals surface area (Å²) in [6.45, 7) is 4.47. The molecule has 2 aliphatic heterocycles. The van der Waals surface area contributed by atoms with Gasteiger partial charge in [0.25, 0.3) is 0 Å². The molecule has 2 amide bonds. The Balaban J connectivity index is 1.96. The summed E-state index contributed by atoms with van der Waals surface area (Å²) >= 11 is 1.99. The van der Waals surface area contributed by atoms with E-state index in [1.54, 1.807) is 0 Å². The highest BCUT2D eigenvalue weighted by Crippen LogP contribution is 2.33. The lowest BCUT2D eigenvalue weighted by molar-refractivity contribution is 0.246. The zero-order valence-electron chi connectivity index (χ0n) is 8.04. The summed E-state index contributed by atoms with van der Waals surface area (Å²) in [4.78, 5) is 11.1. The van der Waals surface area contributed by atoms with Crippen LogP contribution in [0.25, 0.3) is 0 Å². The fourth-order valence-electron chi connectivity index (χ4n) is 2.06. The van der Waals surface area contributed by atoms with Crippen molar-refractivity contribution in [1.29, 1.82) is 0 Å². The minimum Gasteiger partial charge on any atom is -0.332 e. The second-order valence-corrected chi connectivity index (χ2v) is 5.52. The molecule has 0 aromatic rings. The molecule has 0 spiro atoms. The average molecular weight is 200 g/mol. The van der Waals surface area contributed by atoms with Crippen LogP contribution in [0.5, 0.6) is 0 Å². The predicted molar refractivity (Wildman–Crippen MR) is 54.9 cm³/mol. The van der Waals surface area contributed by atoms with Crippen molar-refractivity contribution >= 4 is 17.8 Å². The van der Waals surface area contributed by atoms with Gasteiger partial charge in [-0.3, -0.25) is 0 Å². The molecule has 0 saturated carbocycles. The Kier molecular flexibility index (Phi) is 2.41. The first kappa shape index (κ1) is 9.19. The van der Waals surface area contributed by atoms with Crippen molar-refractivity contribution in [3.8, 4) is 0 Å². The van der Waals surface area contributed by atoms with Gasteiger partial charge < -0.3 is 10.6 Å². The highest BCUT2D eigenvalue weighted by Gasteiger charge is 2.42. The van der Waals surface area contributed by atoms with Gasteiger partial charge in [0.2, 0.25) is 0 Å². The number of carbonyl (C=O) groups is 1. The Morgan fingerprint density at radius 1 is 1.54 bits per heavy atom. The predicted octanol–water partition coefficient (Wildman–Crippen LogP) is 1.20. The minimum absolute atomic E-state index is 0.0176. The van der Waals surface area contributed by atoms with Crippen LogP contribution >= 0.6 is 11.8 Å². The maximum absolute atomic E-state index is 11.1. The summed E-state index contributed by atoms with van der Waals surface area (Å²) in [7, 11) is 0. The Labute approximate surface area is 83.0 Å². The standard InChI is InChI=1S/C9H16N2OS/c1-5(2)3-7-8-6(4-13-7)10-9(12)11-8/h5-8H,3-4H2,1-2H3,(H2,10,11,12)/t6-,7?,8-/m0/s1. The number of urea groups is 1. The number of thioether (sulfide) groups is 1. The van der Waals surface area contributed by atoms with E-state index in [-0.39, 0.29) is 6.03 Å². The second-order valence-electron chi connectivity index (χ2n) is 4.25. The topological polar surface area (TPSA) is 41.1 Å². The Morgan fingerprint density at radius 3 is 3.00 bits per heavy atom. The van der Waals surface area contributed by atoms with E-state index >= 15 is 0 Å². The van der Waals surface area contributed by atoms with Gasteiger partial charge in [0.05, 0.1) is 12.1 Å². The van der Waals surface area contributed by atoms with Crippen molar-refractivity contribution in [3.05, 3.63) is 0 Å². The first-order valence-electron chi connectivity index (χ1n) is 4.85. The number of nitrogens with one attached hydrogen (secondary N) is 2. The van der Waals surface area contributed by atoms with E-state index in [9.17, 15) is 4.79 Å². The van der Waals surface area contributed by atoms with E-state index in [1.807, 2.05) is 11.8 Å². The van der Waals surface area contributed by atoms with E-state index in [4.69, 9.17) is 0 Å². The Morgan fingerprint density at radius 2 is 2.31 bits per heavy atom. The van der Waals surface area contributed by atoms with Gasteiger partial charge in [0.1, 0.15) is 0 Å². The lowest BCUT2D eigenvalue weighted by Crippen LogP contribution is -2.37. The molecule has 0 aliphatic carbocycles. The molecule has 0 radical (unpaired) electrons. The summed E-state index contributed by atoms with van der Waals surface area (Å²) in [5, 5.41) is 6.56. The molecular formula is C9H16N2OS. The van der Waals surface area contributed by atoms with Crippen LogP contribution < -0.4 is 10.6 Å². The average Bonchev–Trinajstić information content (AvgIpc) is 2.51. The number of amides is 2. The first-order valence-corrected chi connectivity index (χ1v) is 5.90. The van der Waals surface area contributed by atoms with Crippen molar-refractivity contribution < 1.29 is 4.79 Å². The maximum atomic E-state index is 11.1. The van der Waals surface area contributed by atoms with Crippen LogP contribution in [0.1, 0.15) is 20.3 Å². The van der Waals surface area contributed by atoms with Crippen LogP contribution in [-0.2, 0) is 0 Å². The van der Waals surface area contributed by atoms with Gasteiger partial charge in [-0.2, -0.15) is 11.8 Å². The van der Waals surface area contributed by atoms with Crippen molar-refractivity contribution in [2.24, 2.45) is 5.92 Å². The van der Waals surface area contributed by atoms with E-state index in [0.29, 0.717) is 23.3 Å². The highest BCUT2D eigenvalue weighted by atomic mass is 32.2. The van der Waals surface area contributed by atoms with E-state index in [2.05, 4.69) is 24.5 Å². The van der Waals surface area contributed by atoms with Crippen molar-refractivity contribution in [2.75, 3.05) is 5.75 Å². The summed E-state index contributed by atoms with van der Waals surface area (Å²) in [5.41, 5.74) is 0. The summed E-state index contributed by atoms with van der Waals surface area (Å²) in [5.74, 6) is 1.79. The number of hydrogen-bond acceptors (Lipinski definition) is 2. The zero-order valence-corrected chi connectivity index (χ0v) is 8.86. The van der Waals surface area contributed by atoms with Crippen molar-refractivity contribution in [1.82, 2.24) is 10.6 Å². The minimum atomic E-state index is 0.0176. The van der Waals surface area contributed by atoms with E-state index in [0.717, 1.165) is 5.75 Å². The SMILES string of the molecule is CC(C)CC1SC[C@@H]2NC(=O)N[C@H]12. The van der Waals surface area contributed by atoms with E-state index in [1.165, 1.54) is 6.42 Å². The highest BCUT2D eigenvalue weighted by molar-refractivity contribution is 8.00. The van der Waals surface area contributed by atoms with Crippen LogP contribution in [-0.4, -0.2) is 29.1 Å². The quantitative estimate of drug-likeness (QED) is 0.658. The summed E-state index contributed by atoms with van der Waals surface area (Å²) in [6, 6.07) is 0.769. The fourth-order valence-corrected chi connectivity index (χ4v) is 3.79. The molecular weight excluding hydrogens is 184 g/mol. The molecule has 2 N–H and O–H groups in total. The second kappa shape index (κ2) is 3.40. The van der Waals surface area contributed by atoms with Crippen LogP contribution in [0.2, 0.25) is 0 Å². The molecule has 1 unspecified atom stereocenters. The molecule has 2 rings (SSSR count). The monoisotopic (exact) mass is 200 g/mol. The van der Waals surface area contributed by atoms with Gasteiger partial charge in [0.15, 0.2) is 0 Å². The first-order chi connectivity index (χ1) is 6.16. The molecule has 0 aromatic heterocycles. The van der Waals surface area contributed by atoms with Gasteiger partial charge >= 0.3 is 6.03 Å². The Hall–Kier alpha value is -0.380. The summed E-state index contributed by atoms with van der Waals surface area (Å²) in [6.07, 6.45) is 1.20. The molecule has 2 saturated heterocycles. The Bertz CT molecular complexity index is 220. The van der Waals surface area contributed by atoms with Crippen LogP contribution in [0.15, 0.2) is 0 Å². The number of rotatable bonds is 2. The van der Waals surface area contributed by atoms with Gasteiger partial charge in [-0.05, 0) is 12.3 Å². The van der Waals surface area contributed by atoms with Gasteiger partial charge in [-0.15, -0.1) is 0 Å². The van der Waals surface area contributed by atoms with Crippen LogP contribution in [0.3, 0.4) is 0 Å². The van der Waals surface area contributed by atoms with Gasteiger partial charge in [0, 0.05) is 11.0 Å². The lowest BCUT2D eigenvalue weighted by Gasteiger charge is -2.18. The number of carbonyl (C=O) groups excluding carboxylic acids is 1. The van der Waals surface area contributed by atoms with Gasteiger partial charge in [-0.25, -0.2) is 4.79 Å². The maximum Gasteiger partial charge on any atom is 0.315 e. The zero-order chi connectivity index (χ0) is 9.42. The van der Waals surface area contributed by atoms with Crippen LogP contribution in [0, 0.1) is 5.92 Å². The molecule has 0 aromatic carbocycles. The van der Waals surface area contributed by atoms with Crippen molar-refractivity contribution in [2.45, 2.75) is 37.6 Å². The lowest BCUT2D eigenvalue weighted by atomic mass is 10.00. The molecule has 2 fully saturated rings. The molecule has 2 heterocycles. The number of fused-ring (bicyclic) bond motifs is 1. The molecule has 3 atom stereocenters. The summed E-state index contributed by atoms with van der Waals surface area (Å²) < 4.78 is 0. The van der Waals surface area contributed by atoms with Crippen LogP contribution in [0.4, 0.5) is 4.79 Å². The third-order valence-corrected chi connectivity index (χ3v) is 4.11.